The lowest BCUT2D eigenvalue weighted by Gasteiger charge is -2.33. The maximum absolute atomic E-state index is 5.74. The normalized spacial score (nSPS) is 24.9. The van der Waals surface area contributed by atoms with Crippen LogP contribution in [0.1, 0.15) is 6.92 Å². The van der Waals surface area contributed by atoms with E-state index in [9.17, 15) is 0 Å². The lowest BCUT2D eigenvalue weighted by atomic mass is 10.2. The highest BCUT2D eigenvalue weighted by Crippen LogP contribution is 2.24. The Morgan fingerprint density at radius 2 is 2.53 bits per heavy atom. The van der Waals surface area contributed by atoms with E-state index >= 15 is 0 Å². The molecule has 1 aromatic rings. The number of nitrogen functional groups attached to an aromatic ring is 1. The molecule has 2 heterocycles. The van der Waals surface area contributed by atoms with Crippen LogP contribution in [0.2, 0.25) is 0 Å². The Balaban J connectivity index is 2.00. The summed E-state index contributed by atoms with van der Waals surface area (Å²) in [5, 5.41) is 4.14. The van der Waals surface area contributed by atoms with Gasteiger partial charge in [0, 0.05) is 7.11 Å². The minimum atomic E-state index is 0.0539. The molecule has 0 unspecified atom stereocenters. The van der Waals surface area contributed by atoms with Crippen LogP contribution in [0.5, 0.6) is 5.88 Å². The minimum absolute atomic E-state index is 0.0539. The summed E-state index contributed by atoms with van der Waals surface area (Å²) in [6, 6.07) is 0. The van der Waals surface area contributed by atoms with E-state index in [1.807, 2.05) is 6.92 Å². The van der Waals surface area contributed by atoms with Gasteiger partial charge in [-0.25, -0.2) is 4.68 Å². The smallest absolute Gasteiger partial charge is 0.256 e. The first-order valence-electron chi connectivity index (χ1n) is 4.81. The molecule has 15 heavy (non-hydrogen) atoms. The van der Waals surface area contributed by atoms with Gasteiger partial charge in [-0.15, -0.1) is 5.10 Å². The summed E-state index contributed by atoms with van der Waals surface area (Å²) in [7, 11) is 1.60. The van der Waals surface area contributed by atoms with Crippen molar-refractivity contribution in [3.63, 3.8) is 0 Å². The maximum atomic E-state index is 5.74. The molecule has 1 fully saturated rings. The summed E-state index contributed by atoms with van der Waals surface area (Å²) >= 11 is 0. The van der Waals surface area contributed by atoms with Crippen LogP contribution in [-0.4, -0.2) is 35.7 Å². The molecule has 1 saturated heterocycles. The highest BCUT2D eigenvalue weighted by Gasteiger charge is 2.31. The third kappa shape index (κ3) is 2.05. The van der Waals surface area contributed by atoms with Gasteiger partial charge in [-0.3, -0.25) is 0 Å². The number of methoxy groups -OCH3 is 1. The average molecular weight is 213 g/mol. The van der Waals surface area contributed by atoms with E-state index < -0.39 is 0 Å². The van der Waals surface area contributed by atoms with E-state index in [1.54, 1.807) is 18.0 Å². The van der Waals surface area contributed by atoms with Crippen LogP contribution in [0.3, 0.4) is 0 Å². The third-order valence-electron chi connectivity index (χ3n) is 2.33. The van der Waals surface area contributed by atoms with Crippen molar-refractivity contribution >= 4 is 5.69 Å². The van der Waals surface area contributed by atoms with Gasteiger partial charge < -0.3 is 19.9 Å². The molecule has 0 amide bonds. The van der Waals surface area contributed by atoms with Crippen molar-refractivity contribution in [3.05, 3.63) is 6.20 Å². The Labute approximate surface area is 87.9 Å². The molecule has 1 aromatic heterocycles. The average Bonchev–Trinajstić information content (AvgIpc) is 2.54. The fraction of sp³-hybridized carbons (Fsp3) is 0.667. The van der Waals surface area contributed by atoms with Crippen molar-refractivity contribution in [2.45, 2.75) is 25.9 Å². The molecule has 1 aliphatic heterocycles. The molecular formula is C9H15N3O3. The Morgan fingerprint density at radius 3 is 3.07 bits per heavy atom. The molecule has 6 heteroatoms. The molecular weight excluding hydrogens is 198 g/mol. The van der Waals surface area contributed by atoms with Gasteiger partial charge in [0.1, 0.15) is 18.5 Å². The van der Waals surface area contributed by atoms with Crippen molar-refractivity contribution in [2.24, 2.45) is 0 Å². The highest BCUT2D eigenvalue weighted by atomic mass is 16.6. The summed E-state index contributed by atoms with van der Waals surface area (Å²) < 4.78 is 17.3. The highest BCUT2D eigenvalue weighted by molar-refractivity contribution is 5.46. The Kier molecular flexibility index (Phi) is 2.79. The molecule has 2 N–H and O–H groups in total. The molecule has 0 aromatic carbocycles. The first kappa shape index (κ1) is 10.3. The largest absolute Gasteiger partial charge is 0.467 e. The predicted molar refractivity (Wildman–Crippen MR) is 53.5 cm³/mol. The molecule has 84 valence electrons. The molecule has 6 nitrogen and oxygen atoms in total. The van der Waals surface area contributed by atoms with Crippen LogP contribution in [0.25, 0.3) is 0 Å². The SMILES string of the molecule is COCn1cc(N)c(O[C@H]2CO[C@@H]2C)n1. The van der Waals surface area contributed by atoms with Crippen LogP contribution in [0.15, 0.2) is 6.20 Å². The zero-order valence-corrected chi connectivity index (χ0v) is 8.84. The van der Waals surface area contributed by atoms with E-state index in [-0.39, 0.29) is 12.2 Å². The van der Waals surface area contributed by atoms with Gasteiger partial charge in [0.25, 0.3) is 5.88 Å². The molecule has 0 bridgehead atoms. The fourth-order valence-corrected chi connectivity index (χ4v) is 1.35. The van der Waals surface area contributed by atoms with E-state index in [0.29, 0.717) is 24.9 Å². The number of aromatic nitrogens is 2. The molecule has 0 spiro atoms. The quantitative estimate of drug-likeness (QED) is 0.775. The third-order valence-corrected chi connectivity index (χ3v) is 2.33. The number of nitrogens with two attached hydrogens (primary N) is 1. The van der Waals surface area contributed by atoms with E-state index in [1.165, 1.54) is 0 Å². The van der Waals surface area contributed by atoms with Crippen LogP contribution in [0.4, 0.5) is 5.69 Å². The summed E-state index contributed by atoms with van der Waals surface area (Å²) in [4.78, 5) is 0. The summed E-state index contributed by atoms with van der Waals surface area (Å²) in [6.07, 6.45) is 1.85. The van der Waals surface area contributed by atoms with E-state index in [2.05, 4.69) is 5.10 Å². The van der Waals surface area contributed by atoms with E-state index in [4.69, 9.17) is 19.9 Å². The van der Waals surface area contributed by atoms with Crippen molar-refractivity contribution in [3.8, 4) is 5.88 Å². The summed E-state index contributed by atoms with van der Waals surface area (Å²) in [5.41, 5.74) is 6.26. The molecule has 0 aliphatic carbocycles. The first-order chi connectivity index (χ1) is 7.20. The van der Waals surface area contributed by atoms with Gasteiger partial charge in [0.15, 0.2) is 0 Å². The van der Waals surface area contributed by atoms with Crippen LogP contribution in [-0.2, 0) is 16.2 Å². The standard InChI is InChI=1S/C9H15N3O3/c1-6-8(4-14-6)15-9-7(10)3-12(11-9)5-13-2/h3,6,8H,4-5,10H2,1-2H3/t6-,8+/m1/s1. The number of rotatable bonds is 4. The maximum Gasteiger partial charge on any atom is 0.256 e. The Bertz CT molecular complexity index is 339. The number of anilines is 1. The van der Waals surface area contributed by atoms with E-state index in [0.717, 1.165) is 0 Å². The number of ether oxygens (including phenoxy) is 3. The van der Waals surface area contributed by atoms with Crippen molar-refractivity contribution in [1.29, 1.82) is 0 Å². The molecule has 2 atom stereocenters. The summed E-state index contributed by atoms with van der Waals surface area (Å²) in [5.74, 6) is 0.451. The minimum Gasteiger partial charge on any atom is -0.467 e. The lowest BCUT2D eigenvalue weighted by Crippen LogP contribution is -2.46. The molecule has 1 aliphatic rings. The number of hydrogen-bond acceptors (Lipinski definition) is 5. The van der Waals surface area contributed by atoms with Gasteiger partial charge in [-0.1, -0.05) is 0 Å². The summed E-state index contributed by atoms with van der Waals surface area (Å²) in [6.45, 7) is 2.92. The van der Waals surface area contributed by atoms with Gasteiger partial charge >= 0.3 is 0 Å². The van der Waals surface area contributed by atoms with Crippen molar-refractivity contribution in [1.82, 2.24) is 9.78 Å². The molecule has 0 radical (unpaired) electrons. The predicted octanol–water partition coefficient (Wildman–Crippen LogP) is 0.235. The monoisotopic (exact) mass is 213 g/mol. The first-order valence-corrected chi connectivity index (χ1v) is 4.81. The Morgan fingerprint density at radius 1 is 1.73 bits per heavy atom. The molecule has 2 rings (SSSR count). The van der Waals surface area contributed by atoms with Crippen molar-refractivity contribution in [2.75, 3.05) is 19.5 Å². The topological polar surface area (TPSA) is 71.5 Å². The van der Waals surface area contributed by atoms with Crippen LogP contribution >= 0.6 is 0 Å². The molecule has 0 saturated carbocycles. The van der Waals surface area contributed by atoms with Crippen LogP contribution in [0, 0.1) is 0 Å². The number of nitrogens with zero attached hydrogens (tertiary/aromatic N) is 2. The Hall–Kier alpha value is -1.27. The van der Waals surface area contributed by atoms with Gasteiger partial charge in [0.2, 0.25) is 0 Å². The zero-order chi connectivity index (χ0) is 10.8. The second-order valence-corrected chi connectivity index (χ2v) is 3.54. The van der Waals surface area contributed by atoms with Gasteiger partial charge in [-0.05, 0) is 6.92 Å². The number of hydrogen-bond donors (Lipinski definition) is 1. The second kappa shape index (κ2) is 4.08. The van der Waals surface area contributed by atoms with Gasteiger partial charge in [-0.2, -0.15) is 0 Å². The fourth-order valence-electron chi connectivity index (χ4n) is 1.35. The zero-order valence-electron chi connectivity index (χ0n) is 8.84. The van der Waals surface area contributed by atoms with Crippen LogP contribution < -0.4 is 10.5 Å². The lowest BCUT2D eigenvalue weighted by molar-refractivity contribution is -0.140. The van der Waals surface area contributed by atoms with Gasteiger partial charge in [0.05, 0.1) is 18.9 Å². The van der Waals surface area contributed by atoms with Crippen molar-refractivity contribution < 1.29 is 14.2 Å². The second-order valence-electron chi connectivity index (χ2n) is 3.54.